The summed E-state index contributed by atoms with van der Waals surface area (Å²) in [6.07, 6.45) is 1.45. The standard InChI is InChI=1S/C16H10ClFN4/c17-12-6-10(4-5-13(12)18)22-15-9(7-19)8-21-16-11(15)2-1-3-14(16)20/h1-6,8H,20H2,(H,21,22). The normalized spacial score (nSPS) is 10.4. The second-order valence-electron chi connectivity index (χ2n) is 4.66. The van der Waals surface area contributed by atoms with Crippen molar-refractivity contribution in [2.24, 2.45) is 0 Å². The molecule has 0 atom stereocenters. The number of aromatic nitrogens is 1. The third-order valence-electron chi connectivity index (χ3n) is 3.24. The number of pyridine rings is 1. The van der Waals surface area contributed by atoms with Crippen LogP contribution in [0.4, 0.5) is 21.5 Å². The molecule has 22 heavy (non-hydrogen) atoms. The van der Waals surface area contributed by atoms with E-state index in [0.29, 0.717) is 33.5 Å². The number of anilines is 3. The summed E-state index contributed by atoms with van der Waals surface area (Å²) in [6.45, 7) is 0. The first-order valence-electron chi connectivity index (χ1n) is 6.39. The smallest absolute Gasteiger partial charge is 0.141 e. The summed E-state index contributed by atoms with van der Waals surface area (Å²) in [5.74, 6) is -0.503. The highest BCUT2D eigenvalue weighted by atomic mass is 35.5. The SMILES string of the molecule is N#Cc1cnc2c(N)cccc2c1Nc1ccc(F)c(Cl)c1. The van der Waals surface area contributed by atoms with Gasteiger partial charge in [0.15, 0.2) is 0 Å². The monoisotopic (exact) mass is 312 g/mol. The molecule has 0 saturated heterocycles. The fourth-order valence-corrected chi connectivity index (χ4v) is 2.36. The van der Waals surface area contributed by atoms with Crippen molar-refractivity contribution in [2.75, 3.05) is 11.1 Å². The Hall–Kier alpha value is -2.84. The number of halogens is 2. The van der Waals surface area contributed by atoms with E-state index in [2.05, 4.69) is 16.4 Å². The van der Waals surface area contributed by atoms with Gasteiger partial charge in [-0.05, 0) is 24.3 Å². The van der Waals surface area contributed by atoms with Gasteiger partial charge in [-0.2, -0.15) is 5.26 Å². The molecule has 0 aliphatic heterocycles. The third kappa shape index (κ3) is 2.41. The summed E-state index contributed by atoms with van der Waals surface area (Å²) in [5.41, 5.74) is 8.51. The van der Waals surface area contributed by atoms with Gasteiger partial charge in [-0.25, -0.2) is 4.39 Å². The van der Waals surface area contributed by atoms with Crippen LogP contribution in [0.1, 0.15) is 5.56 Å². The Morgan fingerprint density at radius 3 is 2.82 bits per heavy atom. The van der Waals surface area contributed by atoms with Gasteiger partial charge in [0, 0.05) is 17.3 Å². The van der Waals surface area contributed by atoms with Crippen molar-refractivity contribution in [3.8, 4) is 6.07 Å². The lowest BCUT2D eigenvalue weighted by Crippen LogP contribution is -1.99. The maximum absolute atomic E-state index is 13.3. The molecule has 0 saturated carbocycles. The number of nitrogens with zero attached hydrogens (tertiary/aromatic N) is 2. The Morgan fingerprint density at radius 2 is 2.09 bits per heavy atom. The van der Waals surface area contributed by atoms with Gasteiger partial charge < -0.3 is 11.1 Å². The van der Waals surface area contributed by atoms with Crippen molar-refractivity contribution >= 4 is 39.6 Å². The largest absolute Gasteiger partial charge is 0.397 e. The van der Waals surface area contributed by atoms with Crippen LogP contribution in [0.5, 0.6) is 0 Å². The van der Waals surface area contributed by atoms with E-state index in [1.54, 1.807) is 18.2 Å². The fourth-order valence-electron chi connectivity index (χ4n) is 2.18. The molecule has 0 amide bonds. The maximum Gasteiger partial charge on any atom is 0.141 e. The van der Waals surface area contributed by atoms with Crippen molar-refractivity contribution in [2.45, 2.75) is 0 Å². The van der Waals surface area contributed by atoms with Crippen LogP contribution in [0.25, 0.3) is 10.9 Å². The summed E-state index contributed by atoms with van der Waals surface area (Å²) in [7, 11) is 0. The van der Waals surface area contributed by atoms with Crippen LogP contribution in [0, 0.1) is 17.1 Å². The van der Waals surface area contributed by atoms with Crippen LogP contribution >= 0.6 is 11.6 Å². The van der Waals surface area contributed by atoms with Crippen LogP contribution in [-0.2, 0) is 0 Å². The van der Waals surface area contributed by atoms with Gasteiger partial charge in [-0.3, -0.25) is 4.98 Å². The Bertz CT molecular complexity index is 918. The Labute approximate surface area is 131 Å². The number of nitrogens with one attached hydrogen (secondary N) is 1. The number of para-hydroxylation sites is 1. The van der Waals surface area contributed by atoms with E-state index in [4.69, 9.17) is 17.3 Å². The molecular weight excluding hydrogens is 303 g/mol. The van der Waals surface area contributed by atoms with Crippen LogP contribution in [-0.4, -0.2) is 4.98 Å². The topological polar surface area (TPSA) is 74.7 Å². The van der Waals surface area contributed by atoms with Gasteiger partial charge in [0.05, 0.1) is 27.5 Å². The van der Waals surface area contributed by atoms with E-state index in [-0.39, 0.29) is 5.02 Å². The average molecular weight is 313 g/mol. The van der Waals surface area contributed by atoms with E-state index in [1.807, 2.05) is 6.07 Å². The molecule has 0 aliphatic rings. The van der Waals surface area contributed by atoms with Crippen LogP contribution in [0.2, 0.25) is 5.02 Å². The van der Waals surface area contributed by atoms with Gasteiger partial charge in [0.2, 0.25) is 0 Å². The van der Waals surface area contributed by atoms with Gasteiger partial charge in [0.1, 0.15) is 11.9 Å². The van der Waals surface area contributed by atoms with Gasteiger partial charge >= 0.3 is 0 Å². The zero-order valence-corrected chi connectivity index (χ0v) is 12.0. The van der Waals surface area contributed by atoms with Crippen molar-refractivity contribution in [3.05, 3.63) is 59.0 Å². The highest BCUT2D eigenvalue weighted by molar-refractivity contribution is 6.31. The Morgan fingerprint density at radius 1 is 1.27 bits per heavy atom. The molecule has 0 radical (unpaired) electrons. The third-order valence-corrected chi connectivity index (χ3v) is 3.53. The molecule has 0 aliphatic carbocycles. The predicted molar refractivity (Wildman–Crippen MR) is 85.6 cm³/mol. The molecule has 3 aromatic rings. The molecule has 3 N–H and O–H groups in total. The number of benzene rings is 2. The van der Waals surface area contributed by atoms with Crippen molar-refractivity contribution in [1.29, 1.82) is 5.26 Å². The van der Waals surface area contributed by atoms with E-state index < -0.39 is 5.82 Å². The molecule has 0 spiro atoms. The second-order valence-corrected chi connectivity index (χ2v) is 5.06. The molecule has 6 heteroatoms. The zero-order valence-electron chi connectivity index (χ0n) is 11.3. The number of rotatable bonds is 2. The van der Waals surface area contributed by atoms with E-state index >= 15 is 0 Å². The summed E-state index contributed by atoms with van der Waals surface area (Å²) < 4.78 is 13.3. The Kier molecular flexibility index (Phi) is 3.53. The van der Waals surface area contributed by atoms with Crippen LogP contribution in [0.3, 0.4) is 0 Å². The van der Waals surface area contributed by atoms with Crippen LogP contribution in [0.15, 0.2) is 42.6 Å². The first-order chi connectivity index (χ1) is 10.6. The van der Waals surface area contributed by atoms with Crippen molar-refractivity contribution in [3.63, 3.8) is 0 Å². The first-order valence-corrected chi connectivity index (χ1v) is 6.77. The summed E-state index contributed by atoms with van der Waals surface area (Å²) in [5, 5.41) is 13.1. The Balaban J connectivity index is 2.18. The van der Waals surface area contributed by atoms with E-state index in [1.165, 1.54) is 18.3 Å². The average Bonchev–Trinajstić information content (AvgIpc) is 2.52. The molecule has 3 rings (SSSR count). The number of hydrogen-bond donors (Lipinski definition) is 2. The van der Waals surface area contributed by atoms with Gasteiger partial charge in [0.25, 0.3) is 0 Å². The molecule has 1 aromatic heterocycles. The maximum atomic E-state index is 13.3. The minimum Gasteiger partial charge on any atom is -0.397 e. The highest BCUT2D eigenvalue weighted by Crippen LogP contribution is 2.32. The summed E-state index contributed by atoms with van der Waals surface area (Å²) in [4.78, 5) is 4.21. The highest BCUT2D eigenvalue weighted by Gasteiger charge is 2.11. The number of nitrogen functional groups attached to an aromatic ring is 1. The molecule has 2 aromatic carbocycles. The van der Waals surface area contributed by atoms with Gasteiger partial charge in [-0.1, -0.05) is 23.7 Å². The first kappa shape index (κ1) is 14.1. The van der Waals surface area contributed by atoms with Crippen molar-refractivity contribution in [1.82, 2.24) is 4.98 Å². The van der Waals surface area contributed by atoms with Gasteiger partial charge in [-0.15, -0.1) is 0 Å². The predicted octanol–water partition coefficient (Wildman–Crippen LogP) is 4.22. The zero-order chi connectivity index (χ0) is 15.7. The quantitative estimate of drug-likeness (QED) is 0.695. The molecular formula is C16H10ClFN4. The van der Waals surface area contributed by atoms with E-state index in [9.17, 15) is 9.65 Å². The van der Waals surface area contributed by atoms with Crippen molar-refractivity contribution < 1.29 is 4.39 Å². The minimum absolute atomic E-state index is 0.00128. The molecule has 108 valence electrons. The minimum atomic E-state index is -0.503. The lowest BCUT2D eigenvalue weighted by atomic mass is 10.1. The number of fused-ring (bicyclic) bond motifs is 1. The molecule has 0 unspecified atom stereocenters. The number of hydrogen-bond acceptors (Lipinski definition) is 4. The van der Waals surface area contributed by atoms with Crippen LogP contribution < -0.4 is 11.1 Å². The van der Waals surface area contributed by atoms with E-state index in [0.717, 1.165) is 0 Å². The second kappa shape index (κ2) is 5.51. The molecule has 0 bridgehead atoms. The fraction of sp³-hybridized carbons (Fsp3) is 0. The molecule has 1 heterocycles. The summed E-state index contributed by atoms with van der Waals surface area (Å²) >= 11 is 5.78. The molecule has 4 nitrogen and oxygen atoms in total. The number of nitriles is 1. The number of nitrogens with two attached hydrogens (primary N) is 1. The lowest BCUT2D eigenvalue weighted by molar-refractivity contribution is 0.628. The summed E-state index contributed by atoms with van der Waals surface area (Å²) in [6, 6.07) is 11.7. The molecule has 0 fully saturated rings. The lowest BCUT2D eigenvalue weighted by Gasteiger charge is -2.12.